The zero-order chi connectivity index (χ0) is 25.1. The molecule has 0 aromatic carbocycles. The first kappa shape index (κ1) is 27.3. The molecule has 3 N–H and O–H groups in total. The van der Waals surface area contributed by atoms with Crippen LogP contribution in [0.2, 0.25) is 0 Å². The first-order chi connectivity index (χ1) is 16.0. The third-order valence-corrected chi connectivity index (χ3v) is 11.5. The summed E-state index contributed by atoms with van der Waals surface area (Å²) >= 11 is 0. The van der Waals surface area contributed by atoms with Gasteiger partial charge in [0.2, 0.25) is 26.1 Å². The predicted octanol–water partition coefficient (Wildman–Crippen LogP) is 1.92. The van der Waals surface area contributed by atoms with Crippen molar-refractivity contribution in [3.05, 3.63) is 0 Å². The van der Waals surface area contributed by atoms with Gasteiger partial charge in [0, 0.05) is 12.1 Å². The van der Waals surface area contributed by atoms with E-state index in [0.717, 1.165) is 44.9 Å². The van der Waals surface area contributed by atoms with Gasteiger partial charge in [-0.05, 0) is 63.2 Å². The maximum absolute atomic E-state index is 11.8. The number of hydrogen-bond donors (Lipinski definition) is 3. The topological polar surface area (TPSA) is 159 Å². The molecule has 0 spiro atoms. The number of aliphatic imine (C=N–C) groups is 1. The highest BCUT2D eigenvalue weighted by atomic mass is 32.2. The highest BCUT2D eigenvalue weighted by Gasteiger charge is 2.43. The number of nitrogens with zero attached hydrogens (tertiary/aromatic N) is 1. The Morgan fingerprint density at radius 1 is 0.853 bits per heavy atom. The zero-order valence-corrected chi connectivity index (χ0v) is 21.5. The molecule has 0 aliphatic heterocycles. The minimum atomic E-state index is -3.19. The second-order valence-electron chi connectivity index (χ2n) is 10.1. The molecule has 4 rings (SSSR count). The fraction of sp³-hybridized carbons (Fsp3) is 0.909. The summed E-state index contributed by atoms with van der Waals surface area (Å²) in [5.74, 6) is -0.806. The van der Waals surface area contributed by atoms with Gasteiger partial charge in [-0.2, -0.15) is 0 Å². The van der Waals surface area contributed by atoms with Crippen LogP contribution in [-0.2, 0) is 29.6 Å². The summed E-state index contributed by atoms with van der Waals surface area (Å²) in [6, 6.07) is -0.316. The first-order valence-electron chi connectivity index (χ1n) is 12.3. The zero-order valence-electron chi connectivity index (χ0n) is 19.9. The van der Waals surface area contributed by atoms with Crippen molar-refractivity contribution in [1.82, 2.24) is 9.44 Å². The molecule has 0 aromatic heterocycles. The van der Waals surface area contributed by atoms with Crippen molar-refractivity contribution < 1.29 is 31.5 Å². The number of rotatable bonds is 10. The van der Waals surface area contributed by atoms with Gasteiger partial charge < -0.3 is 5.11 Å². The Morgan fingerprint density at radius 3 is 1.71 bits per heavy atom. The number of carboxylic acid groups (broad SMARTS) is 1. The number of sulfonamides is 2. The monoisotopic (exact) mass is 519 g/mol. The average Bonchev–Trinajstić information content (AvgIpc) is 3.68. The van der Waals surface area contributed by atoms with Gasteiger partial charge in [-0.3, -0.25) is 4.79 Å². The Morgan fingerprint density at radius 2 is 1.32 bits per heavy atom. The van der Waals surface area contributed by atoms with E-state index in [-0.39, 0.29) is 34.5 Å². The molecule has 194 valence electrons. The van der Waals surface area contributed by atoms with E-state index >= 15 is 0 Å². The first-order valence-corrected chi connectivity index (χ1v) is 15.4. The summed E-state index contributed by atoms with van der Waals surface area (Å²) < 4.78 is 52.5. The maximum atomic E-state index is 11.8. The number of carboxylic acids is 1. The van der Waals surface area contributed by atoms with E-state index in [0.29, 0.717) is 25.2 Å². The molecule has 4 aliphatic rings. The molecule has 0 amide bonds. The van der Waals surface area contributed by atoms with E-state index in [9.17, 15) is 26.4 Å². The lowest BCUT2D eigenvalue weighted by molar-refractivity contribution is -0.143. The smallest absolute Gasteiger partial charge is 0.306 e. The van der Waals surface area contributed by atoms with Crippen molar-refractivity contribution in [3.8, 4) is 0 Å². The van der Waals surface area contributed by atoms with E-state index in [1.54, 1.807) is 6.08 Å². The van der Waals surface area contributed by atoms with Crippen LogP contribution in [0.5, 0.6) is 0 Å². The van der Waals surface area contributed by atoms with E-state index in [4.69, 9.17) is 5.11 Å². The highest BCUT2D eigenvalue weighted by Crippen LogP contribution is 2.37. The lowest BCUT2D eigenvalue weighted by Crippen LogP contribution is -2.35. The van der Waals surface area contributed by atoms with Crippen LogP contribution in [0.3, 0.4) is 0 Å². The minimum absolute atomic E-state index is 0.0624. The van der Waals surface area contributed by atoms with Crippen LogP contribution in [0.4, 0.5) is 0 Å². The Labute approximate surface area is 202 Å². The average molecular weight is 520 g/mol. The number of nitrogens with one attached hydrogen (secondary N) is 2. The summed E-state index contributed by atoms with van der Waals surface area (Å²) in [7, 11) is -6.32. The largest absolute Gasteiger partial charge is 0.481 e. The SMILES string of the molecule is CC[C@@H]1C[C@H](NS(=O)(=O)C2CC2)C[C@@H]1C(=O)O.CC[C@@H]1C[C@H](NS(=O)(=O)C2CC2)C[C@@H]1N=C=O. The van der Waals surface area contributed by atoms with Gasteiger partial charge in [-0.25, -0.2) is 36.1 Å². The number of carbonyl (C=O) groups is 1. The highest BCUT2D eigenvalue weighted by molar-refractivity contribution is 7.90. The molecule has 0 heterocycles. The number of carbonyl (C=O) groups excluding carboxylic acids is 1. The number of isocyanates is 1. The Bertz CT molecular complexity index is 920. The molecule has 0 unspecified atom stereocenters. The Balaban J connectivity index is 0.000000191. The van der Waals surface area contributed by atoms with Gasteiger partial charge >= 0.3 is 5.97 Å². The normalized spacial score (nSPS) is 33.6. The van der Waals surface area contributed by atoms with Gasteiger partial charge in [0.15, 0.2) is 0 Å². The molecular formula is C22H37N3O7S2. The van der Waals surface area contributed by atoms with Crippen molar-refractivity contribution in [2.75, 3.05) is 0 Å². The molecular weight excluding hydrogens is 482 g/mol. The van der Waals surface area contributed by atoms with Gasteiger partial charge in [0.05, 0.1) is 22.5 Å². The van der Waals surface area contributed by atoms with E-state index in [2.05, 4.69) is 14.4 Å². The predicted molar refractivity (Wildman–Crippen MR) is 127 cm³/mol. The molecule has 0 radical (unpaired) electrons. The van der Waals surface area contributed by atoms with Gasteiger partial charge in [-0.15, -0.1) is 0 Å². The third kappa shape index (κ3) is 7.10. The Kier molecular flexibility index (Phi) is 8.95. The van der Waals surface area contributed by atoms with Crippen LogP contribution >= 0.6 is 0 Å². The van der Waals surface area contributed by atoms with Crippen LogP contribution in [0, 0.1) is 17.8 Å². The molecule has 0 bridgehead atoms. The summed E-state index contributed by atoms with van der Waals surface area (Å²) in [6.45, 7) is 3.99. The minimum Gasteiger partial charge on any atom is -0.481 e. The van der Waals surface area contributed by atoms with Gasteiger partial charge in [0.1, 0.15) is 0 Å². The fourth-order valence-electron chi connectivity index (χ4n) is 5.25. The molecule has 12 heteroatoms. The molecule has 4 saturated carbocycles. The Hall–Kier alpha value is -1.33. The molecule has 0 aromatic rings. The molecule has 4 aliphatic carbocycles. The van der Waals surface area contributed by atoms with Crippen LogP contribution in [0.1, 0.15) is 78.1 Å². The summed E-state index contributed by atoms with van der Waals surface area (Å²) in [5, 5.41) is 8.66. The standard InChI is InChI=1S/C11H18N2O3S.C11H19NO4S/c1-2-8-5-9(6-11(8)12-7-14)13-17(15,16)10-3-4-10;1-2-7-5-8(6-10(7)11(13)14)12-17(15,16)9-3-4-9/h8-11,13H,2-6H2,1H3;7-10,12H,2-6H2,1H3,(H,13,14)/t8-,9+,11+;7-,8+,10+/m11/s1. The van der Waals surface area contributed by atoms with Crippen molar-refractivity contribution in [3.63, 3.8) is 0 Å². The third-order valence-electron chi connectivity index (χ3n) is 7.52. The van der Waals surface area contributed by atoms with Crippen molar-refractivity contribution in [2.45, 2.75) is 107 Å². The van der Waals surface area contributed by atoms with E-state index in [1.807, 2.05) is 13.8 Å². The van der Waals surface area contributed by atoms with Crippen molar-refractivity contribution >= 4 is 32.1 Å². The van der Waals surface area contributed by atoms with E-state index in [1.165, 1.54) is 0 Å². The molecule has 0 saturated heterocycles. The summed E-state index contributed by atoms with van der Waals surface area (Å²) in [5.41, 5.74) is 0. The molecule has 4 fully saturated rings. The van der Waals surface area contributed by atoms with Crippen molar-refractivity contribution in [1.29, 1.82) is 0 Å². The van der Waals surface area contributed by atoms with Crippen LogP contribution in [-0.4, -0.2) is 62.6 Å². The van der Waals surface area contributed by atoms with E-state index < -0.39 is 31.9 Å². The van der Waals surface area contributed by atoms with Crippen LogP contribution < -0.4 is 9.44 Å². The lowest BCUT2D eigenvalue weighted by atomic mass is 9.94. The number of hydrogen-bond acceptors (Lipinski definition) is 7. The second kappa shape index (κ2) is 11.2. The molecule has 10 nitrogen and oxygen atoms in total. The van der Waals surface area contributed by atoms with Gasteiger partial charge in [-0.1, -0.05) is 26.7 Å². The maximum Gasteiger partial charge on any atom is 0.306 e. The van der Waals surface area contributed by atoms with Crippen molar-refractivity contribution in [2.24, 2.45) is 22.7 Å². The van der Waals surface area contributed by atoms with Crippen LogP contribution in [0.15, 0.2) is 4.99 Å². The number of aliphatic carboxylic acids is 1. The van der Waals surface area contributed by atoms with Crippen LogP contribution in [0.25, 0.3) is 0 Å². The second-order valence-corrected chi connectivity index (χ2v) is 14.1. The fourth-order valence-corrected chi connectivity index (χ4v) is 8.46. The molecule has 34 heavy (non-hydrogen) atoms. The summed E-state index contributed by atoms with van der Waals surface area (Å²) in [4.78, 5) is 25.1. The lowest BCUT2D eigenvalue weighted by Gasteiger charge is -2.12. The molecule has 6 atom stereocenters. The van der Waals surface area contributed by atoms with Gasteiger partial charge in [0.25, 0.3) is 0 Å². The summed E-state index contributed by atoms with van der Waals surface area (Å²) in [6.07, 6.45) is 8.80. The quantitative estimate of drug-likeness (QED) is 0.294.